The molecule has 0 unspecified atom stereocenters. The quantitative estimate of drug-likeness (QED) is 0.763. The van der Waals surface area contributed by atoms with Crippen LogP contribution in [0.1, 0.15) is 61.9 Å². The molecular weight excluding hydrogens is 348 g/mol. The number of rotatable bonds is 1. The number of hydrogen-bond acceptors (Lipinski definition) is 3. The molecule has 0 amide bonds. The van der Waals surface area contributed by atoms with Crippen molar-refractivity contribution in [3.8, 4) is 11.5 Å². The predicted molar refractivity (Wildman–Crippen MR) is 86.7 cm³/mol. The van der Waals surface area contributed by atoms with Crippen molar-refractivity contribution in [1.82, 2.24) is 0 Å². The summed E-state index contributed by atoms with van der Waals surface area (Å²) >= 11 is 3.42. The van der Waals surface area contributed by atoms with Crippen LogP contribution in [-0.4, -0.2) is 21.8 Å². The van der Waals surface area contributed by atoms with Gasteiger partial charge in [0, 0.05) is 11.5 Å². The Bertz CT molecular complexity index is 638. The van der Waals surface area contributed by atoms with E-state index in [1.807, 2.05) is 0 Å². The topological polar surface area (TPSA) is 66.8 Å². The maximum absolute atomic E-state index is 11.4. The molecule has 22 heavy (non-hydrogen) atoms. The fraction of sp³-hybridized carbons (Fsp3) is 0.588. The Labute approximate surface area is 138 Å². The Kier molecular flexibility index (Phi) is 3.67. The average molecular weight is 369 g/mol. The first-order valence-electron chi connectivity index (χ1n) is 7.70. The van der Waals surface area contributed by atoms with E-state index in [1.165, 1.54) is 6.07 Å². The number of benzene rings is 1. The van der Waals surface area contributed by atoms with E-state index in [2.05, 4.69) is 36.7 Å². The summed E-state index contributed by atoms with van der Waals surface area (Å²) in [5.41, 5.74) is 0.283. The highest BCUT2D eigenvalue weighted by atomic mass is 79.9. The minimum absolute atomic E-state index is 0.0640. The second-order valence-corrected chi connectivity index (χ2v) is 7.99. The summed E-state index contributed by atoms with van der Waals surface area (Å²) in [7, 11) is 0. The lowest BCUT2D eigenvalue weighted by atomic mass is 9.64. The van der Waals surface area contributed by atoms with Crippen molar-refractivity contribution >= 4 is 21.9 Å². The van der Waals surface area contributed by atoms with E-state index in [4.69, 9.17) is 4.74 Å². The maximum Gasteiger partial charge on any atom is 0.339 e. The molecule has 0 aromatic heterocycles. The van der Waals surface area contributed by atoms with Crippen LogP contribution in [0.3, 0.4) is 0 Å². The van der Waals surface area contributed by atoms with Crippen molar-refractivity contribution in [2.45, 2.75) is 51.6 Å². The highest BCUT2D eigenvalue weighted by Gasteiger charge is 2.48. The molecule has 4 nitrogen and oxygen atoms in total. The van der Waals surface area contributed by atoms with Crippen LogP contribution < -0.4 is 4.74 Å². The monoisotopic (exact) mass is 368 g/mol. The molecule has 120 valence electrons. The van der Waals surface area contributed by atoms with Crippen molar-refractivity contribution in [3.63, 3.8) is 0 Å². The summed E-state index contributed by atoms with van der Waals surface area (Å²) in [6.45, 7) is 6.38. The molecule has 1 aromatic carbocycles. The fourth-order valence-corrected chi connectivity index (χ4v) is 4.65. The molecule has 1 fully saturated rings. The molecule has 0 saturated heterocycles. The van der Waals surface area contributed by atoms with Gasteiger partial charge in [0.1, 0.15) is 22.7 Å². The molecule has 0 bridgehead atoms. The first-order chi connectivity index (χ1) is 10.2. The van der Waals surface area contributed by atoms with Crippen LogP contribution in [0, 0.1) is 11.8 Å². The van der Waals surface area contributed by atoms with Gasteiger partial charge in [-0.15, -0.1) is 0 Å². The minimum atomic E-state index is -1.12. The first-order valence-corrected chi connectivity index (χ1v) is 8.49. The van der Waals surface area contributed by atoms with Crippen molar-refractivity contribution in [2.75, 3.05) is 0 Å². The molecule has 0 spiro atoms. The Morgan fingerprint density at radius 2 is 2.09 bits per heavy atom. The number of hydrogen-bond donors (Lipinski definition) is 2. The molecule has 5 heteroatoms. The standard InChI is InChI=1S/C17H21BrO4/c1-8-4-5-11-9(6-8)13-14(19)10(16(20)21)7-12(18)15(13)22-17(11,2)3/h7-9,11,19H,4-6H2,1-3H3,(H,20,21)/t8-,9-,11-/m1/s1. The van der Waals surface area contributed by atoms with E-state index in [-0.39, 0.29) is 28.7 Å². The third-order valence-electron chi connectivity index (χ3n) is 5.21. The van der Waals surface area contributed by atoms with Crippen molar-refractivity contribution in [2.24, 2.45) is 11.8 Å². The van der Waals surface area contributed by atoms with Gasteiger partial charge >= 0.3 is 5.97 Å². The Balaban J connectivity index is 2.22. The van der Waals surface area contributed by atoms with Gasteiger partial charge in [0.05, 0.1) is 4.47 Å². The van der Waals surface area contributed by atoms with Gasteiger partial charge in [0.15, 0.2) is 0 Å². The molecule has 2 aliphatic rings. The zero-order valence-electron chi connectivity index (χ0n) is 13.0. The van der Waals surface area contributed by atoms with E-state index in [9.17, 15) is 15.0 Å². The summed E-state index contributed by atoms with van der Waals surface area (Å²) in [5, 5.41) is 19.9. The summed E-state index contributed by atoms with van der Waals surface area (Å²) < 4.78 is 6.77. The van der Waals surface area contributed by atoms with Crippen molar-refractivity contribution in [1.29, 1.82) is 0 Å². The fourth-order valence-electron chi connectivity index (χ4n) is 4.12. The summed E-state index contributed by atoms with van der Waals surface area (Å²) in [6.07, 6.45) is 3.13. The maximum atomic E-state index is 11.4. The Morgan fingerprint density at radius 3 is 2.73 bits per heavy atom. The van der Waals surface area contributed by atoms with E-state index >= 15 is 0 Å². The van der Waals surface area contributed by atoms with E-state index in [1.54, 1.807) is 0 Å². The second kappa shape index (κ2) is 5.15. The Hall–Kier alpha value is -1.23. The molecular formula is C17H21BrO4. The molecule has 0 radical (unpaired) electrons. The number of aromatic hydroxyl groups is 1. The molecule has 3 rings (SSSR count). The van der Waals surface area contributed by atoms with Crippen LogP contribution in [0.5, 0.6) is 11.5 Å². The molecule has 1 aliphatic carbocycles. The van der Waals surface area contributed by atoms with Crippen LogP contribution in [-0.2, 0) is 0 Å². The summed E-state index contributed by atoms with van der Waals surface area (Å²) in [4.78, 5) is 11.4. The normalized spacial score (nSPS) is 29.2. The number of carboxylic acids is 1. The van der Waals surface area contributed by atoms with Crippen LogP contribution in [0.4, 0.5) is 0 Å². The third kappa shape index (κ3) is 2.30. The van der Waals surface area contributed by atoms with Crippen LogP contribution in [0.25, 0.3) is 0 Å². The van der Waals surface area contributed by atoms with Gasteiger partial charge in [-0.3, -0.25) is 0 Å². The molecule has 1 aromatic rings. The van der Waals surface area contributed by atoms with Gasteiger partial charge in [-0.25, -0.2) is 4.79 Å². The van der Waals surface area contributed by atoms with Gasteiger partial charge in [0.25, 0.3) is 0 Å². The van der Waals surface area contributed by atoms with Crippen molar-refractivity contribution < 1.29 is 19.7 Å². The molecule has 1 saturated carbocycles. The highest BCUT2D eigenvalue weighted by molar-refractivity contribution is 9.10. The van der Waals surface area contributed by atoms with Gasteiger partial charge in [-0.1, -0.05) is 13.3 Å². The lowest BCUT2D eigenvalue weighted by molar-refractivity contribution is -0.0152. The largest absolute Gasteiger partial charge is 0.507 e. The predicted octanol–water partition coefficient (Wildman–Crippen LogP) is 4.54. The van der Waals surface area contributed by atoms with E-state index in [0.717, 1.165) is 19.3 Å². The first kappa shape index (κ1) is 15.7. The van der Waals surface area contributed by atoms with Gasteiger partial charge in [0.2, 0.25) is 0 Å². The third-order valence-corrected chi connectivity index (χ3v) is 5.80. The average Bonchev–Trinajstić information content (AvgIpc) is 2.41. The van der Waals surface area contributed by atoms with Crippen molar-refractivity contribution in [3.05, 3.63) is 21.7 Å². The molecule has 2 N–H and O–H groups in total. The van der Waals surface area contributed by atoms with E-state index in [0.29, 0.717) is 21.7 Å². The smallest absolute Gasteiger partial charge is 0.339 e. The molecule has 1 aliphatic heterocycles. The zero-order valence-corrected chi connectivity index (χ0v) is 14.6. The number of carbonyl (C=O) groups is 1. The second-order valence-electron chi connectivity index (χ2n) is 7.14. The van der Waals surface area contributed by atoms with Crippen LogP contribution >= 0.6 is 15.9 Å². The highest BCUT2D eigenvalue weighted by Crippen LogP contribution is 2.57. The van der Waals surface area contributed by atoms with E-state index < -0.39 is 5.97 Å². The lowest BCUT2D eigenvalue weighted by Gasteiger charge is -2.49. The SMILES string of the molecule is C[C@@H]1CC[C@@H]2[C@@H](C1)c1c(O)c(C(=O)O)cc(Br)c1OC2(C)C. The lowest BCUT2D eigenvalue weighted by Crippen LogP contribution is -2.46. The number of halogens is 1. The Morgan fingerprint density at radius 1 is 1.41 bits per heavy atom. The van der Waals surface area contributed by atoms with Gasteiger partial charge < -0.3 is 14.9 Å². The summed E-state index contributed by atoms with van der Waals surface area (Å²) in [6, 6.07) is 1.43. The summed E-state index contributed by atoms with van der Waals surface area (Å²) in [5.74, 6) is 0.338. The number of carboxylic acid groups (broad SMARTS) is 1. The zero-order chi connectivity index (χ0) is 16.2. The van der Waals surface area contributed by atoms with Gasteiger partial charge in [-0.2, -0.15) is 0 Å². The number of fused-ring (bicyclic) bond motifs is 3. The number of ether oxygens (including phenoxy) is 1. The van der Waals surface area contributed by atoms with Crippen LogP contribution in [0.15, 0.2) is 10.5 Å². The molecule has 1 heterocycles. The number of phenols is 1. The van der Waals surface area contributed by atoms with Gasteiger partial charge in [-0.05, 0) is 60.5 Å². The number of aromatic carboxylic acids is 1. The van der Waals surface area contributed by atoms with Crippen LogP contribution in [0.2, 0.25) is 0 Å². The minimum Gasteiger partial charge on any atom is -0.507 e. The molecule has 3 atom stereocenters.